The molecule has 27 heavy (non-hydrogen) atoms. The van der Waals surface area contributed by atoms with Crippen LogP contribution in [0.15, 0.2) is 48.5 Å². The van der Waals surface area contributed by atoms with Gasteiger partial charge in [-0.05, 0) is 47.9 Å². The van der Waals surface area contributed by atoms with Gasteiger partial charge in [0.25, 0.3) is 0 Å². The molecule has 2 rings (SSSR count). The predicted molar refractivity (Wildman–Crippen MR) is 105 cm³/mol. The Hall–Kier alpha value is -2.67. The summed E-state index contributed by atoms with van der Waals surface area (Å²) in [6, 6.07) is 13.1. The molecule has 7 heteroatoms. The summed E-state index contributed by atoms with van der Waals surface area (Å²) in [6.07, 6.45) is 1.10. The SMILES string of the molecule is CC(C)c1ccc(C(=O)OCC(=O)c2ccc(N(C)S(C)(=O)=O)cc2)cc1. The monoisotopic (exact) mass is 389 g/mol. The Labute approximate surface area is 159 Å². The Morgan fingerprint density at radius 3 is 1.96 bits per heavy atom. The van der Waals surface area contributed by atoms with Crippen molar-refractivity contribution in [2.75, 3.05) is 24.2 Å². The molecule has 144 valence electrons. The molecule has 0 atom stereocenters. The highest BCUT2D eigenvalue weighted by Crippen LogP contribution is 2.17. The summed E-state index contributed by atoms with van der Waals surface area (Å²) in [6.45, 7) is 3.74. The number of anilines is 1. The number of Topliss-reactive ketones (excluding diaryl/α,β-unsaturated/α-hetero) is 1. The third-order valence-corrected chi connectivity index (χ3v) is 5.40. The van der Waals surface area contributed by atoms with Gasteiger partial charge in [0, 0.05) is 12.6 Å². The van der Waals surface area contributed by atoms with Crippen molar-refractivity contribution in [3.8, 4) is 0 Å². The van der Waals surface area contributed by atoms with E-state index in [2.05, 4.69) is 13.8 Å². The quantitative estimate of drug-likeness (QED) is 0.536. The maximum absolute atomic E-state index is 12.2. The minimum atomic E-state index is -3.37. The highest BCUT2D eigenvalue weighted by molar-refractivity contribution is 7.92. The van der Waals surface area contributed by atoms with Gasteiger partial charge in [-0.2, -0.15) is 0 Å². The number of ether oxygens (including phenoxy) is 1. The van der Waals surface area contributed by atoms with Crippen molar-refractivity contribution in [1.29, 1.82) is 0 Å². The zero-order valence-corrected chi connectivity index (χ0v) is 16.6. The van der Waals surface area contributed by atoms with Crippen LogP contribution in [0.2, 0.25) is 0 Å². The molecule has 6 nitrogen and oxygen atoms in total. The van der Waals surface area contributed by atoms with E-state index in [0.717, 1.165) is 16.1 Å². The first-order valence-corrected chi connectivity index (χ1v) is 10.3. The van der Waals surface area contributed by atoms with Gasteiger partial charge in [0.2, 0.25) is 10.0 Å². The van der Waals surface area contributed by atoms with Crippen LogP contribution in [0, 0.1) is 0 Å². The van der Waals surface area contributed by atoms with Gasteiger partial charge in [-0.1, -0.05) is 26.0 Å². The van der Waals surface area contributed by atoms with Crippen LogP contribution >= 0.6 is 0 Å². The predicted octanol–water partition coefficient (Wildman–Crippen LogP) is 3.25. The molecule has 0 aliphatic rings. The summed E-state index contributed by atoms with van der Waals surface area (Å²) in [5, 5.41) is 0. The molecule has 0 aliphatic heterocycles. The van der Waals surface area contributed by atoms with Crippen molar-refractivity contribution in [3.05, 3.63) is 65.2 Å². The second-order valence-corrected chi connectivity index (χ2v) is 8.57. The van der Waals surface area contributed by atoms with Crippen LogP contribution in [0.25, 0.3) is 0 Å². The third-order valence-electron chi connectivity index (χ3n) is 4.20. The summed E-state index contributed by atoms with van der Waals surface area (Å²) in [5.41, 5.74) is 2.28. The average Bonchev–Trinajstić information content (AvgIpc) is 2.64. The third kappa shape index (κ3) is 5.40. The van der Waals surface area contributed by atoms with E-state index in [9.17, 15) is 18.0 Å². The molecule has 0 radical (unpaired) electrons. The number of benzene rings is 2. The van der Waals surface area contributed by atoms with Gasteiger partial charge in [0.15, 0.2) is 12.4 Å². The van der Waals surface area contributed by atoms with Crippen molar-refractivity contribution >= 4 is 27.5 Å². The van der Waals surface area contributed by atoms with Gasteiger partial charge in [-0.15, -0.1) is 0 Å². The lowest BCUT2D eigenvalue weighted by Crippen LogP contribution is -2.24. The average molecular weight is 389 g/mol. The smallest absolute Gasteiger partial charge is 0.338 e. The van der Waals surface area contributed by atoms with E-state index < -0.39 is 16.0 Å². The first kappa shape index (κ1) is 20.6. The number of sulfonamides is 1. The Bertz CT molecular complexity index is 916. The first-order valence-electron chi connectivity index (χ1n) is 8.44. The molecule has 0 saturated heterocycles. The van der Waals surface area contributed by atoms with Gasteiger partial charge >= 0.3 is 5.97 Å². The molecule has 2 aromatic carbocycles. The van der Waals surface area contributed by atoms with Gasteiger partial charge in [0.05, 0.1) is 17.5 Å². The molecule has 0 N–H and O–H groups in total. The number of carbonyl (C=O) groups is 2. The maximum Gasteiger partial charge on any atom is 0.338 e. The Kier molecular flexibility index (Phi) is 6.38. The number of ketones is 1. The van der Waals surface area contributed by atoms with Crippen molar-refractivity contribution in [3.63, 3.8) is 0 Å². The summed E-state index contributed by atoms with van der Waals surface area (Å²) in [5.74, 6) is -0.566. The molecule has 0 saturated carbocycles. The fourth-order valence-corrected chi connectivity index (χ4v) is 2.86. The molecule has 0 aromatic heterocycles. The van der Waals surface area contributed by atoms with Crippen LogP contribution in [0.4, 0.5) is 5.69 Å². The summed E-state index contributed by atoms with van der Waals surface area (Å²) < 4.78 is 29.2. The number of nitrogens with zero attached hydrogens (tertiary/aromatic N) is 1. The zero-order valence-electron chi connectivity index (χ0n) is 15.8. The lowest BCUT2D eigenvalue weighted by molar-refractivity contribution is 0.0474. The molecule has 0 fully saturated rings. The van der Waals surface area contributed by atoms with Crippen molar-refractivity contribution in [1.82, 2.24) is 0 Å². The largest absolute Gasteiger partial charge is 0.454 e. The van der Waals surface area contributed by atoms with Gasteiger partial charge in [-0.3, -0.25) is 9.10 Å². The van der Waals surface area contributed by atoms with Crippen molar-refractivity contribution in [2.45, 2.75) is 19.8 Å². The van der Waals surface area contributed by atoms with Gasteiger partial charge < -0.3 is 4.74 Å². The van der Waals surface area contributed by atoms with Crippen LogP contribution in [-0.2, 0) is 14.8 Å². The number of rotatable bonds is 7. The standard InChI is InChI=1S/C20H23NO5S/c1-14(2)15-5-7-17(8-6-15)20(23)26-13-19(22)16-9-11-18(12-10-16)21(3)27(4,24)25/h5-12,14H,13H2,1-4H3. The molecular weight excluding hydrogens is 366 g/mol. The molecule has 0 heterocycles. The molecule has 0 spiro atoms. The second kappa shape index (κ2) is 8.35. The first-order chi connectivity index (χ1) is 12.6. The fourth-order valence-electron chi connectivity index (χ4n) is 2.35. The molecule has 0 amide bonds. The molecule has 0 unspecified atom stereocenters. The highest BCUT2D eigenvalue weighted by Gasteiger charge is 2.15. The van der Waals surface area contributed by atoms with Crippen molar-refractivity contribution < 1.29 is 22.7 Å². The van der Waals surface area contributed by atoms with Crippen LogP contribution in [0.3, 0.4) is 0 Å². The van der Waals surface area contributed by atoms with E-state index in [1.807, 2.05) is 12.1 Å². The van der Waals surface area contributed by atoms with Gasteiger partial charge in [-0.25, -0.2) is 13.2 Å². The van der Waals surface area contributed by atoms with Crippen LogP contribution in [0.5, 0.6) is 0 Å². The minimum absolute atomic E-state index is 0.337. The molecule has 0 aliphatic carbocycles. The normalized spacial score (nSPS) is 11.3. The van der Waals surface area contributed by atoms with E-state index in [0.29, 0.717) is 22.7 Å². The lowest BCUT2D eigenvalue weighted by atomic mass is 10.0. The Morgan fingerprint density at radius 1 is 0.963 bits per heavy atom. The fraction of sp³-hybridized carbons (Fsp3) is 0.300. The van der Waals surface area contributed by atoms with Gasteiger partial charge in [0.1, 0.15) is 0 Å². The van der Waals surface area contributed by atoms with Crippen LogP contribution < -0.4 is 4.31 Å². The second-order valence-electron chi connectivity index (χ2n) is 6.55. The summed E-state index contributed by atoms with van der Waals surface area (Å²) >= 11 is 0. The lowest BCUT2D eigenvalue weighted by Gasteiger charge is -2.16. The maximum atomic E-state index is 12.2. The molecule has 0 bridgehead atoms. The highest BCUT2D eigenvalue weighted by atomic mass is 32.2. The molecular formula is C20H23NO5S. The Morgan fingerprint density at radius 2 is 1.48 bits per heavy atom. The minimum Gasteiger partial charge on any atom is -0.454 e. The zero-order chi connectivity index (χ0) is 20.2. The topological polar surface area (TPSA) is 80.8 Å². The molecule has 2 aromatic rings. The van der Waals surface area contributed by atoms with Crippen LogP contribution in [0.1, 0.15) is 46.0 Å². The van der Waals surface area contributed by atoms with E-state index in [1.54, 1.807) is 12.1 Å². The van der Waals surface area contributed by atoms with E-state index in [4.69, 9.17) is 4.74 Å². The summed E-state index contributed by atoms with van der Waals surface area (Å²) in [7, 11) is -1.94. The van der Waals surface area contributed by atoms with Crippen LogP contribution in [-0.4, -0.2) is 40.1 Å². The van der Waals surface area contributed by atoms with E-state index >= 15 is 0 Å². The van der Waals surface area contributed by atoms with E-state index in [-0.39, 0.29) is 12.4 Å². The number of esters is 1. The number of carbonyl (C=O) groups excluding carboxylic acids is 2. The van der Waals surface area contributed by atoms with Crippen molar-refractivity contribution in [2.24, 2.45) is 0 Å². The van der Waals surface area contributed by atoms with E-state index in [1.165, 1.54) is 31.3 Å². The Balaban J connectivity index is 1.98. The number of hydrogen-bond acceptors (Lipinski definition) is 5. The summed E-state index contributed by atoms with van der Waals surface area (Å²) in [4.78, 5) is 24.3. The number of hydrogen-bond donors (Lipinski definition) is 0.